The van der Waals surface area contributed by atoms with Gasteiger partial charge in [0.1, 0.15) is 6.04 Å². The van der Waals surface area contributed by atoms with Crippen molar-refractivity contribution in [2.45, 2.75) is 39.7 Å². The van der Waals surface area contributed by atoms with Gasteiger partial charge in [-0.25, -0.2) is 4.79 Å². The fourth-order valence-electron chi connectivity index (χ4n) is 3.75. The zero-order valence-electron chi connectivity index (χ0n) is 25.0. The summed E-state index contributed by atoms with van der Waals surface area (Å²) < 4.78 is 27.7. The Morgan fingerprint density at radius 2 is 1.44 bits per heavy atom. The fraction of sp³-hybridized carbons (Fsp3) is 0.667. The zero-order chi connectivity index (χ0) is 31.9. The largest absolute Gasteiger partial charge is 0.465 e. The van der Waals surface area contributed by atoms with Gasteiger partial charge < -0.3 is 44.7 Å². The quantitative estimate of drug-likeness (QED) is 0.0549. The van der Waals surface area contributed by atoms with Crippen molar-refractivity contribution < 1.29 is 43.2 Å². The van der Waals surface area contributed by atoms with Gasteiger partial charge in [-0.3, -0.25) is 9.59 Å². The minimum atomic E-state index is -1.36. The summed E-state index contributed by atoms with van der Waals surface area (Å²) in [5.74, 6) is -0.865. The Bertz CT molecular complexity index is 1060. The van der Waals surface area contributed by atoms with Crippen molar-refractivity contribution in [3.05, 3.63) is 37.7 Å². The Morgan fingerprint density at radius 3 is 1.98 bits per heavy atom. The molecule has 0 saturated heterocycles. The van der Waals surface area contributed by atoms with Gasteiger partial charge in [-0.15, -0.1) is 0 Å². The van der Waals surface area contributed by atoms with E-state index in [1.165, 1.54) is 0 Å². The van der Waals surface area contributed by atoms with Crippen LogP contribution in [-0.4, -0.2) is 108 Å². The van der Waals surface area contributed by atoms with Crippen molar-refractivity contribution in [2.24, 2.45) is 5.11 Å². The number of aryl methyl sites for hydroxylation is 2. The molecular formula is C27H43BrN6O9. The van der Waals surface area contributed by atoms with Crippen molar-refractivity contribution >= 4 is 39.5 Å². The molecule has 1 unspecified atom stereocenters. The number of nitrogens with one attached hydrogen (secondary N) is 3. The summed E-state index contributed by atoms with van der Waals surface area (Å²) in [5, 5.41) is 20.1. The van der Waals surface area contributed by atoms with Crippen LogP contribution in [0.4, 0.5) is 10.5 Å². The van der Waals surface area contributed by atoms with Gasteiger partial charge in [0.25, 0.3) is 0 Å². The van der Waals surface area contributed by atoms with Crippen LogP contribution in [0.15, 0.2) is 15.7 Å². The lowest BCUT2D eigenvalue weighted by atomic mass is 10.0. The molecule has 0 heterocycles. The number of benzene rings is 1. The van der Waals surface area contributed by atoms with E-state index in [-0.39, 0.29) is 31.9 Å². The smallest absolute Gasteiger partial charge is 0.405 e. The first-order chi connectivity index (χ1) is 20.7. The monoisotopic (exact) mass is 674 g/mol. The number of carbonyl (C=O) groups is 3. The lowest BCUT2D eigenvalue weighted by Crippen LogP contribution is -2.47. The maximum atomic E-state index is 12.6. The second-order valence-corrected chi connectivity index (χ2v) is 10.0. The van der Waals surface area contributed by atoms with Crippen molar-refractivity contribution in [2.75, 3.05) is 84.5 Å². The van der Waals surface area contributed by atoms with E-state index in [1.807, 2.05) is 26.8 Å². The molecule has 1 aromatic rings. The van der Waals surface area contributed by atoms with E-state index in [4.69, 9.17) is 34.3 Å². The number of amides is 3. The van der Waals surface area contributed by atoms with Gasteiger partial charge >= 0.3 is 6.09 Å². The third kappa shape index (κ3) is 17.7. The molecule has 242 valence electrons. The summed E-state index contributed by atoms with van der Waals surface area (Å²) in [6, 6.07) is 0.864. The van der Waals surface area contributed by atoms with E-state index in [1.54, 1.807) is 0 Å². The number of carboxylic acid groups (broad SMARTS) is 1. The fourth-order valence-corrected chi connectivity index (χ4v) is 4.06. The van der Waals surface area contributed by atoms with Gasteiger partial charge in [0.15, 0.2) is 0 Å². The molecule has 3 amide bonds. The van der Waals surface area contributed by atoms with Crippen LogP contribution in [0.2, 0.25) is 0 Å². The van der Waals surface area contributed by atoms with Crippen LogP contribution in [-0.2, 0) is 33.3 Å². The van der Waals surface area contributed by atoms with Crippen LogP contribution in [0.5, 0.6) is 0 Å². The van der Waals surface area contributed by atoms with Crippen molar-refractivity contribution in [1.29, 1.82) is 0 Å². The van der Waals surface area contributed by atoms with Gasteiger partial charge in [-0.05, 0) is 49.4 Å². The number of halogens is 1. The summed E-state index contributed by atoms with van der Waals surface area (Å²) >= 11 is 3.52. The second-order valence-electron chi connectivity index (χ2n) is 9.22. The molecule has 0 aliphatic rings. The normalized spacial score (nSPS) is 11.4. The molecule has 0 fully saturated rings. The Kier molecular flexibility index (Phi) is 20.8. The molecule has 0 aromatic heterocycles. The average molecular weight is 676 g/mol. The SMILES string of the molecule is Cc1cc(C)c(NC(=O)CCC(NC(=O)O)C(=O)NCCOCCOCCOCCOCCOCCN=[N+]=[N-])c(C)c1Br. The van der Waals surface area contributed by atoms with Crippen LogP contribution in [0.3, 0.4) is 0 Å². The Hall–Kier alpha value is -2.98. The number of azide groups is 1. The molecule has 43 heavy (non-hydrogen) atoms. The molecule has 4 N–H and O–H groups in total. The summed E-state index contributed by atoms with van der Waals surface area (Å²) in [7, 11) is 0. The number of rotatable bonds is 24. The highest BCUT2D eigenvalue weighted by atomic mass is 79.9. The number of anilines is 1. The van der Waals surface area contributed by atoms with Gasteiger partial charge in [0.2, 0.25) is 11.8 Å². The molecule has 1 aromatic carbocycles. The molecule has 0 radical (unpaired) electrons. The second kappa shape index (κ2) is 23.5. The number of hydrogen-bond donors (Lipinski definition) is 4. The minimum Gasteiger partial charge on any atom is -0.465 e. The Labute approximate surface area is 260 Å². The molecule has 0 saturated carbocycles. The third-order valence-corrected chi connectivity index (χ3v) is 7.07. The number of ether oxygens (including phenoxy) is 5. The van der Waals surface area contributed by atoms with Crippen LogP contribution in [0.25, 0.3) is 10.4 Å². The maximum absolute atomic E-state index is 12.6. The molecule has 0 spiro atoms. The molecule has 0 aliphatic heterocycles. The lowest BCUT2D eigenvalue weighted by molar-refractivity contribution is -0.123. The van der Waals surface area contributed by atoms with Crippen molar-refractivity contribution in [3.63, 3.8) is 0 Å². The first-order valence-corrected chi connectivity index (χ1v) is 14.7. The molecular weight excluding hydrogens is 632 g/mol. The molecule has 0 bridgehead atoms. The summed E-state index contributed by atoms with van der Waals surface area (Å²) in [4.78, 5) is 38.9. The zero-order valence-corrected chi connectivity index (χ0v) is 26.6. The summed E-state index contributed by atoms with van der Waals surface area (Å²) in [6.07, 6.45) is -1.42. The van der Waals surface area contributed by atoms with Gasteiger partial charge in [-0.2, -0.15) is 0 Å². The van der Waals surface area contributed by atoms with Gasteiger partial charge in [0.05, 0.1) is 66.1 Å². The third-order valence-electron chi connectivity index (χ3n) is 5.85. The van der Waals surface area contributed by atoms with E-state index in [0.29, 0.717) is 71.7 Å². The predicted octanol–water partition coefficient (Wildman–Crippen LogP) is 3.24. The van der Waals surface area contributed by atoms with E-state index >= 15 is 0 Å². The molecule has 0 aliphatic carbocycles. The van der Waals surface area contributed by atoms with Crippen LogP contribution >= 0.6 is 15.9 Å². The minimum absolute atomic E-state index is 0.00740. The Balaban J connectivity index is 2.14. The van der Waals surface area contributed by atoms with E-state index in [2.05, 4.69) is 41.9 Å². The first-order valence-electron chi connectivity index (χ1n) is 13.9. The average Bonchev–Trinajstić information content (AvgIpc) is 2.97. The summed E-state index contributed by atoms with van der Waals surface area (Å²) in [6.45, 7) is 9.91. The number of hydrogen-bond acceptors (Lipinski definition) is 9. The van der Waals surface area contributed by atoms with Crippen LogP contribution in [0.1, 0.15) is 29.5 Å². The van der Waals surface area contributed by atoms with Crippen LogP contribution in [0, 0.1) is 20.8 Å². The Morgan fingerprint density at radius 1 is 0.907 bits per heavy atom. The van der Waals surface area contributed by atoms with Crippen LogP contribution < -0.4 is 16.0 Å². The van der Waals surface area contributed by atoms with E-state index < -0.39 is 18.0 Å². The molecule has 1 atom stereocenters. The summed E-state index contributed by atoms with van der Waals surface area (Å²) in [5.41, 5.74) is 11.7. The maximum Gasteiger partial charge on any atom is 0.405 e. The highest BCUT2D eigenvalue weighted by molar-refractivity contribution is 9.10. The number of carbonyl (C=O) groups excluding carboxylic acids is 2. The lowest BCUT2D eigenvalue weighted by Gasteiger charge is -2.18. The number of nitrogens with zero attached hydrogens (tertiary/aromatic N) is 3. The highest BCUT2D eigenvalue weighted by Crippen LogP contribution is 2.30. The predicted molar refractivity (Wildman–Crippen MR) is 162 cm³/mol. The molecule has 1 rings (SSSR count). The standard InChI is InChI=1S/C27H43BrN6O9/c1-19-18-20(2)25(21(3)24(19)28)33-23(35)5-4-22(32-27(37)38)26(36)30-6-8-39-10-12-41-14-16-43-17-15-42-13-11-40-9-7-31-34-29/h18,22,32H,4-17H2,1-3H3,(H,30,36)(H,33,35)(H,37,38). The molecule has 15 nitrogen and oxygen atoms in total. The van der Waals surface area contributed by atoms with E-state index in [9.17, 15) is 14.4 Å². The first kappa shape index (κ1) is 38.0. The van der Waals surface area contributed by atoms with Crippen molar-refractivity contribution in [1.82, 2.24) is 10.6 Å². The van der Waals surface area contributed by atoms with Gasteiger partial charge in [-0.1, -0.05) is 27.1 Å². The van der Waals surface area contributed by atoms with Gasteiger partial charge in [0, 0.05) is 34.6 Å². The van der Waals surface area contributed by atoms with E-state index in [0.717, 1.165) is 21.2 Å². The topological polar surface area (TPSA) is 202 Å². The van der Waals surface area contributed by atoms with Crippen molar-refractivity contribution in [3.8, 4) is 0 Å². The molecule has 16 heteroatoms. The highest BCUT2D eigenvalue weighted by Gasteiger charge is 2.22.